The summed E-state index contributed by atoms with van der Waals surface area (Å²) in [6.07, 6.45) is -0.188. The summed E-state index contributed by atoms with van der Waals surface area (Å²) in [6.45, 7) is 0. The van der Waals surface area contributed by atoms with E-state index in [1.54, 1.807) is 0 Å². The van der Waals surface area contributed by atoms with Gasteiger partial charge in [-0.3, -0.25) is 10.2 Å². The molecular weight excluding hydrogens is 124 g/mol. The van der Waals surface area contributed by atoms with Crippen LogP contribution >= 0.6 is 0 Å². The first-order valence-electron chi connectivity index (χ1n) is 2.16. The molecule has 0 aliphatic rings. The van der Waals surface area contributed by atoms with Crippen molar-refractivity contribution in [2.24, 2.45) is 16.7 Å². The zero-order chi connectivity index (χ0) is 7.28. The number of amides is 1. The number of nitrogens with zero attached hydrogens (tertiary/aromatic N) is 1. The van der Waals surface area contributed by atoms with Gasteiger partial charge in [0.25, 0.3) is 0 Å². The normalized spacial score (nSPS) is 11.0. The second kappa shape index (κ2) is 3.67. The molecule has 52 valence electrons. The number of nitrogens with two attached hydrogens (primary N) is 2. The van der Waals surface area contributed by atoms with Gasteiger partial charge in [0.1, 0.15) is 5.84 Å². The highest BCUT2D eigenvalue weighted by atomic mass is 16.4. The minimum absolute atomic E-state index is 0.169. The monoisotopic (exact) mass is 132 g/mol. The summed E-state index contributed by atoms with van der Waals surface area (Å²) >= 11 is 0. The van der Waals surface area contributed by atoms with Crippen LogP contribution in [0, 0.1) is 0 Å². The molecule has 0 aromatic rings. The molecule has 6 N–H and O–H groups in total. The SMILES string of the molecule is NNC(=O)C/C(N)=N\O. The number of carbonyl (C=O) groups excluding carboxylic acids is 1. The van der Waals surface area contributed by atoms with E-state index in [4.69, 9.17) is 10.9 Å². The van der Waals surface area contributed by atoms with Crippen LogP contribution in [0.1, 0.15) is 6.42 Å². The predicted molar refractivity (Wildman–Crippen MR) is 30.4 cm³/mol. The fourth-order valence-electron chi connectivity index (χ4n) is 0.251. The standard InChI is InChI=1S/C3H8N4O2/c4-2(7-9)1-3(8)6-5/h9H,1,5H2,(H2,4,7)(H,6,8). The number of rotatable bonds is 2. The molecule has 0 aromatic heterocycles. The van der Waals surface area contributed by atoms with Crippen LogP contribution in [0.2, 0.25) is 0 Å². The van der Waals surface area contributed by atoms with E-state index in [0.29, 0.717) is 0 Å². The highest BCUT2D eigenvalue weighted by molar-refractivity contribution is 5.98. The second-order valence-electron chi connectivity index (χ2n) is 1.34. The van der Waals surface area contributed by atoms with Gasteiger partial charge in [-0.2, -0.15) is 0 Å². The maximum atomic E-state index is 10.3. The van der Waals surface area contributed by atoms with E-state index in [-0.39, 0.29) is 12.3 Å². The minimum Gasteiger partial charge on any atom is -0.409 e. The third-order valence-electron chi connectivity index (χ3n) is 0.631. The Morgan fingerprint density at radius 3 is 2.67 bits per heavy atom. The van der Waals surface area contributed by atoms with Crippen LogP contribution in [0.3, 0.4) is 0 Å². The van der Waals surface area contributed by atoms with E-state index in [2.05, 4.69) is 11.0 Å². The van der Waals surface area contributed by atoms with E-state index in [1.165, 1.54) is 0 Å². The lowest BCUT2D eigenvalue weighted by Gasteiger charge is -1.94. The van der Waals surface area contributed by atoms with Gasteiger partial charge in [0.2, 0.25) is 5.91 Å². The van der Waals surface area contributed by atoms with Gasteiger partial charge in [-0.25, -0.2) is 5.84 Å². The molecule has 0 saturated heterocycles. The van der Waals surface area contributed by atoms with Crippen molar-refractivity contribution in [2.45, 2.75) is 6.42 Å². The Hall–Kier alpha value is -1.30. The van der Waals surface area contributed by atoms with E-state index >= 15 is 0 Å². The summed E-state index contributed by atoms with van der Waals surface area (Å²) in [5.74, 6) is 4.02. The summed E-state index contributed by atoms with van der Waals surface area (Å²) in [5, 5.41) is 10.5. The summed E-state index contributed by atoms with van der Waals surface area (Å²) in [4.78, 5) is 10.3. The Morgan fingerprint density at radius 2 is 2.33 bits per heavy atom. The first-order chi connectivity index (χ1) is 4.20. The van der Waals surface area contributed by atoms with Crippen molar-refractivity contribution in [3.63, 3.8) is 0 Å². The summed E-state index contributed by atoms with van der Waals surface area (Å²) < 4.78 is 0. The lowest BCUT2D eigenvalue weighted by atomic mass is 10.4. The summed E-state index contributed by atoms with van der Waals surface area (Å²) in [6, 6.07) is 0. The van der Waals surface area contributed by atoms with Gasteiger partial charge in [-0.05, 0) is 0 Å². The maximum Gasteiger partial charge on any atom is 0.241 e. The topological polar surface area (TPSA) is 114 Å². The van der Waals surface area contributed by atoms with Gasteiger partial charge in [0, 0.05) is 0 Å². The van der Waals surface area contributed by atoms with Gasteiger partial charge in [0.15, 0.2) is 0 Å². The Bertz CT molecular complexity index is 132. The van der Waals surface area contributed by atoms with Crippen LogP contribution in [-0.4, -0.2) is 17.0 Å². The van der Waals surface area contributed by atoms with E-state index in [1.807, 2.05) is 5.43 Å². The molecule has 1 amide bonds. The molecule has 0 aliphatic carbocycles. The summed E-state index contributed by atoms with van der Waals surface area (Å²) in [7, 11) is 0. The molecule has 0 bridgehead atoms. The van der Waals surface area contributed by atoms with E-state index in [9.17, 15) is 4.79 Å². The third-order valence-corrected chi connectivity index (χ3v) is 0.631. The summed E-state index contributed by atoms with van der Waals surface area (Å²) in [5.41, 5.74) is 6.75. The minimum atomic E-state index is -0.495. The van der Waals surface area contributed by atoms with E-state index < -0.39 is 5.91 Å². The fourth-order valence-corrected chi connectivity index (χ4v) is 0.251. The lowest BCUT2D eigenvalue weighted by molar-refractivity contribution is -0.120. The van der Waals surface area contributed by atoms with Crippen molar-refractivity contribution in [3.05, 3.63) is 0 Å². The molecule has 0 unspecified atom stereocenters. The molecule has 0 atom stereocenters. The van der Waals surface area contributed by atoms with Crippen molar-refractivity contribution < 1.29 is 10.0 Å². The molecule has 0 spiro atoms. The first kappa shape index (κ1) is 7.70. The zero-order valence-corrected chi connectivity index (χ0v) is 4.66. The highest BCUT2D eigenvalue weighted by Gasteiger charge is 2.00. The first-order valence-corrected chi connectivity index (χ1v) is 2.16. The van der Waals surface area contributed by atoms with E-state index in [0.717, 1.165) is 0 Å². The molecule has 0 rings (SSSR count). The molecule has 0 aromatic carbocycles. The van der Waals surface area contributed by atoms with Crippen molar-refractivity contribution in [1.82, 2.24) is 5.43 Å². The molecule has 0 fully saturated rings. The van der Waals surface area contributed by atoms with Crippen molar-refractivity contribution >= 4 is 11.7 Å². The zero-order valence-electron chi connectivity index (χ0n) is 4.66. The number of hydrogen-bond donors (Lipinski definition) is 4. The fraction of sp³-hybridized carbons (Fsp3) is 0.333. The largest absolute Gasteiger partial charge is 0.409 e. The number of oxime groups is 1. The molecule has 0 aliphatic heterocycles. The van der Waals surface area contributed by atoms with Crippen LogP contribution in [0.4, 0.5) is 0 Å². The molecule has 9 heavy (non-hydrogen) atoms. The van der Waals surface area contributed by atoms with Crippen molar-refractivity contribution in [1.29, 1.82) is 0 Å². The molecule has 6 nitrogen and oxygen atoms in total. The van der Waals surface area contributed by atoms with Gasteiger partial charge in [-0.1, -0.05) is 5.16 Å². The van der Waals surface area contributed by atoms with Crippen LogP contribution in [0.15, 0.2) is 5.16 Å². The Balaban J connectivity index is 3.60. The van der Waals surface area contributed by atoms with Crippen molar-refractivity contribution in [3.8, 4) is 0 Å². The molecule has 0 radical (unpaired) electrons. The molecule has 0 heterocycles. The Kier molecular flexibility index (Phi) is 3.14. The van der Waals surface area contributed by atoms with Gasteiger partial charge < -0.3 is 10.9 Å². The maximum absolute atomic E-state index is 10.3. The van der Waals surface area contributed by atoms with Gasteiger partial charge in [0.05, 0.1) is 6.42 Å². The quantitative estimate of drug-likeness (QED) is 0.0878. The van der Waals surface area contributed by atoms with Crippen LogP contribution in [0.25, 0.3) is 0 Å². The smallest absolute Gasteiger partial charge is 0.241 e. The number of amidine groups is 1. The average molecular weight is 132 g/mol. The molecular formula is C3H8N4O2. The van der Waals surface area contributed by atoms with Crippen LogP contribution in [-0.2, 0) is 4.79 Å². The Morgan fingerprint density at radius 1 is 1.78 bits per heavy atom. The lowest BCUT2D eigenvalue weighted by Crippen LogP contribution is -2.33. The van der Waals surface area contributed by atoms with Gasteiger partial charge >= 0.3 is 0 Å². The van der Waals surface area contributed by atoms with Crippen LogP contribution in [0.5, 0.6) is 0 Å². The molecule has 6 heteroatoms. The highest BCUT2D eigenvalue weighted by Crippen LogP contribution is 1.75. The number of nitrogens with one attached hydrogen (secondary N) is 1. The average Bonchev–Trinajstić information content (AvgIpc) is 1.87. The third kappa shape index (κ3) is 3.30. The van der Waals surface area contributed by atoms with Gasteiger partial charge in [-0.15, -0.1) is 0 Å². The number of hydrazine groups is 1. The Labute approximate surface area is 51.5 Å². The molecule has 0 saturated carbocycles. The predicted octanol–water partition coefficient (Wildman–Crippen LogP) is -1.89. The number of carbonyl (C=O) groups is 1. The second-order valence-corrected chi connectivity index (χ2v) is 1.34. The van der Waals surface area contributed by atoms with Crippen molar-refractivity contribution in [2.75, 3.05) is 0 Å². The number of hydrogen-bond acceptors (Lipinski definition) is 4. The van der Waals surface area contributed by atoms with Crippen LogP contribution < -0.4 is 17.0 Å².